The Morgan fingerprint density at radius 3 is 0.845 bits per heavy atom. The first kappa shape index (κ1) is 62.8. The lowest BCUT2D eigenvalue weighted by Crippen LogP contribution is -2.67. The van der Waals surface area contributed by atoms with Crippen LogP contribution in [-0.2, 0) is 81.0 Å². The molecule has 0 aliphatic carbocycles. The van der Waals surface area contributed by atoms with Crippen molar-refractivity contribution >= 4 is 47.6 Å². The molecule has 2 fully saturated rings. The van der Waals surface area contributed by atoms with Crippen LogP contribution < -0.4 is 10.6 Å². The van der Waals surface area contributed by atoms with Gasteiger partial charge in [-0.1, -0.05) is 142 Å². The van der Waals surface area contributed by atoms with Gasteiger partial charge in [0.25, 0.3) is 0 Å². The van der Waals surface area contributed by atoms with Gasteiger partial charge in [-0.05, 0) is 12.8 Å². The molecule has 2 aliphatic heterocycles. The normalized spacial score (nSPS) is 23.9. The highest BCUT2D eigenvalue weighted by Crippen LogP contribution is 2.35. The molecule has 408 valence electrons. The summed E-state index contributed by atoms with van der Waals surface area (Å²) >= 11 is 0. The second kappa shape index (κ2) is 36.5. The number of hydrogen-bond donors (Lipinski definition) is 2. The largest absolute Gasteiger partial charge is 0.456 e. The van der Waals surface area contributed by atoms with E-state index in [0.29, 0.717) is 12.8 Å². The van der Waals surface area contributed by atoms with Gasteiger partial charge in [0.2, 0.25) is 24.4 Å². The summed E-state index contributed by atoms with van der Waals surface area (Å²) in [5.41, 5.74) is 0. The Morgan fingerprint density at radius 2 is 0.577 bits per heavy atom. The minimum atomic E-state index is -1.79. The van der Waals surface area contributed by atoms with E-state index in [-0.39, 0.29) is 37.7 Å². The van der Waals surface area contributed by atoms with Crippen LogP contribution in [-0.4, -0.2) is 122 Å². The lowest BCUT2D eigenvalue weighted by Gasteiger charge is -2.48. The Labute approximate surface area is 422 Å². The number of carbonyl (C=O) groups excluding carboxylic acids is 8. The van der Waals surface area contributed by atoms with Crippen LogP contribution in [0.1, 0.15) is 209 Å². The molecular formula is C52H88N2O17. The van der Waals surface area contributed by atoms with Gasteiger partial charge in [-0.2, -0.15) is 0 Å². The quantitative estimate of drug-likeness (QED) is 0.0347. The Kier molecular flexibility index (Phi) is 32.3. The van der Waals surface area contributed by atoms with E-state index >= 15 is 0 Å². The Balaban J connectivity index is 2.35. The zero-order chi connectivity index (χ0) is 52.6. The van der Waals surface area contributed by atoms with Crippen molar-refractivity contribution < 1.29 is 81.0 Å². The number of esters is 6. The number of ether oxygens (including phenoxy) is 9. The minimum absolute atomic E-state index is 0.198. The third-order valence-electron chi connectivity index (χ3n) is 12.3. The number of unbranched alkanes of at least 4 members (excludes halogenated alkanes) is 20. The summed E-state index contributed by atoms with van der Waals surface area (Å²) in [7, 11) is 0. The molecule has 2 amide bonds. The van der Waals surface area contributed by atoms with Gasteiger partial charge in [0.1, 0.15) is 12.2 Å². The summed E-state index contributed by atoms with van der Waals surface area (Å²) in [6, 6.07) is 0. The highest BCUT2D eigenvalue weighted by atomic mass is 16.8. The van der Waals surface area contributed by atoms with Gasteiger partial charge < -0.3 is 53.3 Å². The summed E-state index contributed by atoms with van der Waals surface area (Å²) in [4.78, 5) is 102. The maximum atomic E-state index is 13.2. The second-order valence-corrected chi connectivity index (χ2v) is 18.8. The third kappa shape index (κ3) is 26.8. The molecule has 0 spiro atoms. The van der Waals surface area contributed by atoms with Crippen LogP contribution in [0, 0.1) is 0 Å². The molecule has 19 heteroatoms. The summed E-state index contributed by atoms with van der Waals surface area (Å²) < 4.78 is 52.8. The van der Waals surface area contributed by atoms with Gasteiger partial charge in [0.05, 0.1) is 0 Å². The Morgan fingerprint density at radius 1 is 0.338 bits per heavy atom. The first-order valence-electron chi connectivity index (χ1n) is 26.5. The average molecular weight is 1010 g/mol. The van der Waals surface area contributed by atoms with Gasteiger partial charge in [-0.3, -0.25) is 38.4 Å². The van der Waals surface area contributed by atoms with Crippen molar-refractivity contribution in [2.75, 3.05) is 13.1 Å². The van der Waals surface area contributed by atoms with E-state index in [1.807, 2.05) is 0 Å². The average Bonchev–Trinajstić information content (AvgIpc) is 3.29. The fraction of sp³-hybridized carbons (Fsp3) is 0.846. The molecule has 2 aliphatic rings. The number of carbonyl (C=O) groups is 8. The summed E-state index contributed by atoms with van der Waals surface area (Å²) in [6.07, 6.45) is 9.09. The van der Waals surface area contributed by atoms with Crippen molar-refractivity contribution in [2.24, 2.45) is 0 Å². The van der Waals surface area contributed by atoms with Gasteiger partial charge in [0.15, 0.2) is 36.6 Å². The van der Waals surface area contributed by atoms with E-state index < -0.39 is 97.2 Å². The summed E-state index contributed by atoms with van der Waals surface area (Å²) in [6.45, 7) is 10.3. The van der Waals surface area contributed by atoms with Crippen LogP contribution in [0.4, 0.5) is 0 Å². The van der Waals surface area contributed by atoms with Gasteiger partial charge >= 0.3 is 35.8 Å². The molecule has 0 unspecified atom stereocenters. The zero-order valence-corrected chi connectivity index (χ0v) is 44.1. The molecule has 10 atom stereocenters. The van der Waals surface area contributed by atoms with E-state index in [1.165, 1.54) is 77.0 Å². The molecule has 2 heterocycles. The molecule has 19 nitrogen and oxygen atoms in total. The number of hydrogen-bond acceptors (Lipinski definition) is 17. The number of amides is 2. The maximum Gasteiger partial charge on any atom is 0.303 e. The molecule has 0 bridgehead atoms. The molecule has 0 aromatic rings. The van der Waals surface area contributed by atoms with Crippen LogP contribution in [0.15, 0.2) is 0 Å². The van der Waals surface area contributed by atoms with Crippen molar-refractivity contribution in [3.8, 4) is 0 Å². The maximum absolute atomic E-state index is 13.2. The first-order chi connectivity index (χ1) is 34.0. The van der Waals surface area contributed by atoms with E-state index in [0.717, 1.165) is 92.9 Å². The van der Waals surface area contributed by atoms with Crippen LogP contribution in [0.2, 0.25) is 0 Å². The van der Waals surface area contributed by atoms with E-state index in [9.17, 15) is 38.4 Å². The predicted molar refractivity (Wildman–Crippen MR) is 260 cm³/mol. The van der Waals surface area contributed by atoms with Crippen molar-refractivity contribution in [1.29, 1.82) is 0 Å². The first-order valence-corrected chi connectivity index (χ1v) is 26.5. The molecule has 2 saturated heterocycles. The smallest absolute Gasteiger partial charge is 0.303 e. The SMILES string of the molecule is CCCCCCCCCCCCCC(=O)NC[C@H]1O[C@H](O[C@H]2O[C@H](CNC(=O)CCCCCCCCCCCCC)[C@@H](OC(C)=O)[C@H](OC(C)=O)[C@H]2OC(C)=O)[C@H](OC(C)=O)[C@@H](OC(C)=O)[C@@H]1OC(C)=O. The van der Waals surface area contributed by atoms with E-state index in [4.69, 9.17) is 42.6 Å². The van der Waals surface area contributed by atoms with Crippen molar-refractivity contribution in [3.05, 3.63) is 0 Å². The molecular weight excluding hydrogens is 925 g/mol. The molecule has 2 N–H and O–H groups in total. The summed E-state index contributed by atoms with van der Waals surface area (Å²) in [5.74, 6) is -5.78. The molecule has 0 radical (unpaired) electrons. The third-order valence-corrected chi connectivity index (χ3v) is 12.3. The molecule has 71 heavy (non-hydrogen) atoms. The van der Waals surface area contributed by atoms with Crippen molar-refractivity contribution in [3.63, 3.8) is 0 Å². The second-order valence-electron chi connectivity index (χ2n) is 18.8. The lowest BCUT2D eigenvalue weighted by atomic mass is 9.96. The summed E-state index contributed by atoms with van der Waals surface area (Å²) in [5, 5.41) is 5.60. The van der Waals surface area contributed by atoms with Gasteiger partial charge in [-0.15, -0.1) is 0 Å². The van der Waals surface area contributed by atoms with Crippen molar-refractivity contribution in [1.82, 2.24) is 10.6 Å². The zero-order valence-electron chi connectivity index (χ0n) is 44.1. The fourth-order valence-electron chi connectivity index (χ4n) is 8.90. The number of rotatable bonds is 36. The standard InChI is InChI=1S/C52H88N2O17/c1-9-11-13-15-17-19-21-23-25-27-29-31-43(61)53-33-41-45(63-35(3)55)47(65-37(5)57)49(67-39(7)59)51(69-41)71-52-50(68-40(8)60)48(66-38(6)58)46(64-36(4)56)42(70-52)34-54-44(62)32-30-28-26-24-22-20-18-16-14-12-10-2/h41-42,45-52H,9-34H2,1-8H3,(H,53,61)(H,54,62)/t41-,42-,45-,46-,47+,48+,49-,50-,51-,52-/m1/s1. The van der Waals surface area contributed by atoms with E-state index in [1.54, 1.807) is 0 Å². The molecule has 0 aromatic heterocycles. The van der Waals surface area contributed by atoms with Crippen LogP contribution in [0.25, 0.3) is 0 Å². The topological polar surface area (TPSA) is 244 Å². The Hall–Kier alpha value is -4.36. The molecule has 0 saturated carbocycles. The minimum Gasteiger partial charge on any atom is -0.456 e. The lowest BCUT2D eigenvalue weighted by molar-refractivity contribution is -0.373. The number of nitrogens with one attached hydrogen (secondary N) is 2. The van der Waals surface area contributed by atoms with Crippen LogP contribution in [0.3, 0.4) is 0 Å². The highest BCUT2D eigenvalue weighted by Gasteiger charge is 2.57. The predicted octanol–water partition coefficient (Wildman–Crippen LogP) is 7.68. The van der Waals surface area contributed by atoms with Gasteiger partial charge in [-0.25, -0.2) is 0 Å². The molecule has 2 rings (SSSR count). The monoisotopic (exact) mass is 1010 g/mol. The van der Waals surface area contributed by atoms with E-state index in [2.05, 4.69) is 24.5 Å². The molecule has 0 aromatic carbocycles. The van der Waals surface area contributed by atoms with Crippen LogP contribution >= 0.6 is 0 Å². The van der Waals surface area contributed by atoms with Crippen LogP contribution in [0.5, 0.6) is 0 Å². The van der Waals surface area contributed by atoms with Gasteiger partial charge in [0, 0.05) is 67.5 Å². The highest BCUT2D eigenvalue weighted by molar-refractivity contribution is 5.76. The van der Waals surface area contributed by atoms with Crippen molar-refractivity contribution in [2.45, 2.75) is 271 Å². The Bertz CT molecular complexity index is 1500. The fourth-order valence-corrected chi connectivity index (χ4v) is 8.90.